The van der Waals surface area contributed by atoms with Crippen molar-refractivity contribution in [1.82, 2.24) is 0 Å². The number of anilines is 1. The lowest BCUT2D eigenvalue weighted by molar-refractivity contribution is 0.190. The molecule has 1 unspecified atom stereocenters. The highest BCUT2D eigenvalue weighted by Gasteiger charge is 2.01. The van der Waals surface area contributed by atoms with Crippen molar-refractivity contribution in [1.29, 1.82) is 0 Å². The molecule has 1 aromatic carbocycles. The fourth-order valence-electron chi connectivity index (χ4n) is 1.42. The fourth-order valence-corrected chi connectivity index (χ4v) is 1.42. The number of hydrogen-bond acceptors (Lipinski definition) is 3. The average Bonchev–Trinajstić information content (AvgIpc) is 2.19. The van der Waals surface area contributed by atoms with Gasteiger partial charge >= 0.3 is 0 Å². The largest absolute Gasteiger partial charge is 0.494 e. The summed E-state index contributed by atoms with van der Waals surface area (Å²) >= 11 is 0. The summed E-state index contributed by atoms with van der Waals surface area (Å²) in [6.45, 7) is 5.44. The number of nitrogens with one attached hydrogen (secondary N) is 1. The predicted molar refractivity (Wildman–Crippen MR) is 62.6 cm³/mol. The summed E-state index contributed by atoms with van der Waals surface area (Å²) in [5, 5.41) is 3.34. The van der Waals surface area contributed by atoms with Crippen molar-refractivity contribution in [2.24, 2.45) is 0 Å². The van der Waals surface area contributed by atoms with Gasteiger partial charge in [0.25, 0.3) is 0 Å². The van der Waals surface area contributed by atoms with Crippen molar-refractivity contribution in [2.45, 2.75) is 19.9 Å². The van der Waals surface area contributed by atoms with Crippen LogP contribution in [0.1, 0.15) is 13.8 Å². The molecule has 0 bridgehead atoms. The monoisotopic (exact) mass is 209 g/mol. The third-order valence-electron chi connectivity index (χ3n) is 1.97. The molecule has 0 aliphatic rings. The zero-order valence-corrected chi connectivity index (χ0v) is 9.62. The summed E-state index contributed by atoms with van der Waals surface area (Å²) in [6, 6.07) is 8.25. The maximum Gasteiger partial charge on any atom is 0.121 e. The molecule has 0 amide bonds. The van der Waals surface area contributed by atoms with Gasteiger partial charge < -0.3 is 14.8 Å². The maximum atomic E-state index is 5.42. The van der Waals surface area contributed by atoms with Crippen LogP contribution in [0.15, 0.2) is 24.3 Å². The highest BCUT2D eigenvalue weighted by molar-refractivity contribution is 5.48. The van der Waals surface area contributed by atoms with E-state index < -0.39 is 0 Å². The zero-order chi connectivity index (χ0) is 11.1. The van der Waals surface area contributed by atoms with Crippen LogP contribution in [0.3, 0.4) is 0 Å². The summed E-state index contributed by atoms with van der Waals surface area (Å²) in [4.78, 5) is 0. The molecule has 15 heavy (non-hydrogen) atoms. The standard InChI is InChI=1S/C12H19NO2/c1-4-15-12-7-5-6-11(8-12)13-10(2)9-14-3/h5-8,10,13H,4,9H2,1-3H3. The minimum absolute atomic E-state index is 0.298. The van der Waals surface area contributed by atoms with Gasteiger partial charge in [-0.25, -0.2) is 0 Å². The summed E-state index contributed by atoms with van der Waals surface area (Å²) in [7, 11) is 1.70. The van der Waals surface area contributed by atoms with Gasteiger partial charge in [0.05, 0.1) is 13.2 Å². The SMILES string of the molecule is CCOc1cccc(NC(C)COC)c1. The highest BCUT2D eigenvalue weighted by Crippen LogP contribution is 2.17. The highest BCUT2D eigenvalue weighted by atomic mass is 16.5. The van der Waals surface area contributed by atoms with E-state index in [0.717, 1.165) is 11.4 Å². The Kier molecular flexibility index (Phi) is 4.98. The van der Waals surface area contributed by atoms with Gasteiger partial charge in [-0.05, 0) is 26.0 Å². The molecule has 1 atom stereocenters. The fraction of sp³-hybridized carbons (Fsp3) is 0.500. The molecular weight excluding hydrogens is 190 g/mol. The van der Waals surface area contributed by atoms with Crippen LogP contribution in [0.2, 0.25) is 0 Å². The van der Waals surface area contributed by atoms with Crippen LogP contribution in [0.5, 0.6) is 5.75 Å². The molecule has 0 saturated heterocycles. The molecule has 0 aromatic heterocycles. The second-order valence-electron chi connectivity index (χ2n) is 3.46. The van der Waals surface area contributed by atoms with Crippen molar-refractivity contribution in [3.63, 3.8) is 0 Å². The molecule has 0 aliphatic heterocycles. The Morgan fingerprint density at radius 2 is 2.20 bits per heavy atom. The second-order valence-corrected chi connectivity index (χ2v) is 3.46. The van der Waals surface area contributed by atoms with Crippen molar-refractivity contribution >= 4 is 5.69 Å². The van der Waals surface area contributed by atoms with E-state index in [2.05, 4.69) is 12.2 Å². The van der Waals surface area contributed by atoms with E-state index in [9.17, 15) is 0 Å². The van der Waals surface area contributed by atoms with Crippen molar-refractivity contribution < 1.29 is 9.47 Å². The van der Waals surface area contributed by atoms with Crippen molar-refractivity contribution in [2.75, 3.05) is 25.6 Å². The van der Waals surface area contributed by atoms with Gasteiger partial charge in [0.2, 0.25) is 0 Å². The van der Waals surface area contributed by atoms with Crippen LogP contribution in [0, 0.1) is 0 Å². The lowest BCUT2D eigenvalue weighted by Crippen LogP contribution is -2.20. The van der Waals surface area contributed by atoms with Gasteiger partial charge in [-0.3, -0.25) is 0 Å². The first-order chi connectivity index (χ1) is 7.26. The number of hydrogen-bond donors (Lipinski definition) is 1. The van der Waals surface area contributed by atoms with Crippen molar-refractivity contribution in [3.05, 3.63) is 24.3 Å². The molecule has 1 aromatic rings. The molecule has 3 nitrogen and oxygen atoms in total. The second kappa shape index (κ2) is 6.30. The van der Waals surface area contributed by atoms with Gasteiger partial charge in [0.1, 0.15) is 5.75 Å². The summed E-state index contributed by atoms with van der Waals surface area (Å²) < 4.78 is 10.5. The lowest BCUT2D eigenvalue weighted by Gasteiger charge is -2.14. The topological polar surface area (TPSA) is 30.5 Å². The van der Waals surface area contributed by atoms with E-state index in [-0.39, 0.29) is 0 Å². The van der Waals surface area contributed by atoms with Crippen LogP contribution in [0.4, 0.5) is 5.69 Å². The molecule has 1 N–H and O–H groups in total. The molecule has 1 rings (SSSR count). The van der Waals surface area contributed by atoms with Gasteiger partial charge in [-0.2, -0.15) is 0 Å². The molecule has 0 radical (unpaired) electrons. The number of rotatable bonds is 6. The van der Waals surface area contributed by atoms with E-state index in [1.807, 2.05) is 31.2 Å². The van der Waals surface area contributed by atoms with Crippen LogP contribution < -0.4 is 10.1 Å². The van der Waals surface area contributed by atoms with E-state index in [1.54, 1.807) is 7.11 Å². The average molecular weight is 209 g/mol. The van der Waals surface area contributed by atoms with Crippen LogP contribution in [-0.2, 0) is 4.74 Å². The molecule has 3 heteroatoms. The zero-order valence-electron chi connectivity index (χ0n) is 9.62. The minimum atomic E-state index is 0.298. The van der Waals surface area contributed by atoms with E-state index in [1.165, 1.54) is 0 Å². The van der Waals surface area contributed by atoms with Crippen molar-refractivity contribution in [3.8, 4) is 5.75 Å². The first-order valence-electron chi connectivity index (χ1n) is 5.24. The van der Waals surface area contributed by atoms with E-state index >= 15 is 0 Å². The molecule has 0 heterocycles. The first kappa shape index (κ1) is 11.9. The number of benzene rings is 1. The summed E-state index contributed by atoms with van der Waals surface area (Å²) in [5.74, 6) is 0.895. The first-order valence-corrected chi connectivity index (χ1v) is 5.24. The Labute approximate surface area is 91.4 Å². The molecule has 0 saturated carbocycles. The molecule has 84 valence electrons. The van der Waals surface area contributed by atoms with E-state index in [0.29, 0.717) is 19.3 Å². The minimum Gasteiger partial charge on any atom is -0.494 e. The molecule has 0 spiro atoms. The smallest absolute Gasteiger partial charge is 0.121 e. The molecular formula is C12H19NO2. The Morgan fingerprint density at radius 3 is 2.87 bits per heavy atom. The van der Waals surface area contributed by atoms with Crippen LogP contribution >= 0.6 is 0 Å². The molecule has 0 fully saturated rings. The summed E-state index contributed by atoms with van der Waals surface area (Å²) in [6.07, 6.45) is 0. The van der Waals surface area contributed by atoms with E-state index in [4.69, 9.17) is 9.47 Å². The van der Waals surface area contributed by atoms with Crippen LogP contribution in [-0.4, -0.2) is 26.4 Å². The third-order valence-corrected chi connectivity index (χ3v) is 1.97. The van der Waals surface area contributed by atoms with Gasteiger partial charge in [-0.15, -0.1) is 0 Å². The Morgan fingerprint density at radius 1 is 1.40 bits per heavy atom. The Balaban J connectivity index is 2.56. The maximum absolute atomic E-state index is 5.42. The quantitative estimate of drug-likeness (QED) is 0.781. The Hall–Kier alpha value is -1.22. The number of ether oxygens (including phenoxy) is 2. The normalized spacial score (nSPS) is 12.2. The third kappa shape index (κ3) is 4.21. The summed E-state index contributed by atoms with van der Waals surface area (Å²) in [5.41, 5.74) is 1.06. The number of methoxy groups -OCH3 is 1. The van der Waals surface area contributed by atoms with Gasteiger partial charge in [0, 0.05) is 24.9 Å². The Bertz CT molecular complexity index is 289. The van der Waals surface area contributed by atoms with Gasteiger partial charge in [0.15, 0.2) is 0 Å². The molecule has 0 aliphatic carbocycles. The predicted octanol–water partition coefficient (Wildman–Crippen LogP) is 2.53. The van der Waals surface area contributed by atoms with Crippen LogP contribution in [0.25, 0.3) is 0 Å². The lowest BCUT2D eigenvalue weighted by atomic mass is 10.2. The van der Waals surface area contributed by atoms with Gasteiger partial charge in [-0.1, -0.05) is 6.07 Å².